The van der Waals surface area contributed by atoms with Gasteiger partial charge in [0, 0.05) is 115 Å². The third-order valence-electron chi connectivity index (χ3n) is 28.6. The molecule has 0 atom stereocenters. The van der Waals surface area contributed by atoms with Gasteiger partial charge in [0.25, 0.3) is 0 Å². The second-order valence-corrected chi connectivity index (χ2v) is 36.1. The van der Waals surface area contributed by atoms with Crippen molar-refractivity contribution < 1.29 is 13.3 Å². The average molecular weight is 1800 g/mol. The Morgan fingerprint density at radius 3 is 0.858 bits per heavy atom. The number of nitrogens with zero attached hydrogens (tertiary/aromatic N) is 9. The molecule has 30 aromatic rings. The molecule has 0 spiro atoms. The second kappa shape index (κ2) is 31.7. The molecule has 9 aromatic heterocycles. The molecule has 654 valence electrons. The third-order valence-corrected chi connectivity index (χ3v) is 28.6. The summed E-state index contributed by atoms with van der Waals surface area (Å²) in [7, 11) is 0. The van der Waals surface area contributed by atoms with Crippen LogP contribution in [0.25, 0.3) is 264 Å². The van der Waals surface area contributed by atoms with Gasteiger partial charge in [0.2, 0.25) is 0 Å². The van der Waals surface area contributed by atoms with Crippen LogP contribution in [0.3, 0.4) is 0 Å². The van der Waals surface area contributed by atoms with Crippen molar-refractivity contribution in [1.29, 1.82) is 15.8 Å². The molecule has 12 nitrogen and oxygen atoms in total. The minimum atomic E-state index is 0.621. The molecule has 9 heterocycles. The first-order valence-corrected chi connectivity index (χ1v) is 47.3. The van der Waals surface area contributed by atoms with Gasteiger partial charge < -0.3 is 40.7 Å². The van der Waals surface area contributed by atoms with Crippen molar-refractivity contribution in [3.63, 3.8) is 0 Å². The zero-order valence-corrected chi connectivity index (χ0v) is 75.6. The highest BCUT2D eigenvalue weighted by Crippen LogP contribution is 2.50. The lowest BCUT2D eigenvalue weighted by molar-refractivity contribution is 0.672. The van der Waals surface area contributed by atoms with Gasteiger partial charge in [-0.15, -0.1) is 0 Å². The van der Waals surface area contributed by atoms with E-state index in [-0.39, 0.29) is 0 Å². The summed E-state index contributed by atoms with van der Waals surface area (Å²) in [5.41, 5.74) is 32.7. The minimum absolute atomic E-state index is 0.621. The zero-order chi connectivity index (χ0) is 93.2. The Morgan fingerprint density at radius 1 is 0.177 bits per heavy atom. The molecule has 0 bridgehead atoms. The molecular weight excluding hydrogens is 1720 g/mol. The number of nitriles is 3. The minimum Gasteiger partial charge on any atom is -0.455 e. The van der Waals surface area contributed by atoms with E-state index in [0.717, 1.165) is 243 Å². The first-order valence-electron chi connectivity index (χ1n) is 47.3. The van der Waals surface area contributed by atoms with E-state index in [1.807, 2.05) is 91.0 Å². The molecule has 0 unspecified atom stereocenters. The largest absolute Gasteiger partial charge is 0.455 e. The van der Waals surface area contributed by atoms with Gasteiger partial charge in [-0.3, -0.25) is 0 Å². The highest BCUT2D eigenvalue weighted by atomic mass is 16.3. The van der Waals surface area contributed by atoms with Gasteiger partial charge >= 0.3 is 0 Å². The fourth-order valence-corrected chi connectivity index (χ4v) is 22.6. The topological polar surface area (TPSA) is 140 Å². The van der Waals surface area contributed by atoms with E-state index in [0.29, 0.717) is 16.7 Å². The van der Waals surface area contributed by atoms with Crippen molar-refractivity contribution in [1.82, 2.24) is 27.4 Å². The van der Waals surface area contributed by atoms with Crippen molar-refractivity contribution in [2.24, 2.45) is 0 Å². The summed E-state index contributed by atoms with van der Waals surface area (Å²) in [5, 5.41) is 50.8. The van der Waals surface area contributed by atoms with Gasteiger partial charge in [-0.05, 0) is 217 Å². The molecule has 0 aliphatic rings. The number of benzene rings is 21. The van der Waals surface area contributed by atoms with Gasteiger partial charge in [0.1, 0.15) is 39.6 Å². The predicted octanol–water partition coefficient (Wildman–Crippen LogP) is 34.0. The van der Waals surface area contributed by atoms with Crippen LogP contribution in [0.15, 0.2) is 468 Å². The molecule has 0 fully saturated rings. The van der Waals surface area contributed by atoms with Gasteiger partial charge in [0.05, 0.1) is 128 Å². The quantitative estimate of drug-likeness (QED) is 0.141. The number of para-hydroxylation sites is 13. The summed E-state index contributed by atoms with van der Waals surface area (Å²) in [6.07, 6.45) is 0. The summed E-state index contributed by atoms with van der Waals surface area (Å²) in [5.74, 6) is 0. The Balaban J connectivity index is 0.000000104. The van der Waals surface area contributed by atoms with Crippen molar-refractivity contribution in [2.45, 2.75) is 0 Å². The molecule has 0 aliphatic heterocycles. The molecular formula is C129H75N9O3. The molecule has 0 radical (unpaired) electrons. The number of hydrogen-bond donors (Lipinski definition) is 0. The molecule has 12 heteroatoms. The van der Waals surface area contributed by atoms with Gasteiger partial charge in [-0.2, -0.15) is 15.8 Å². The standard InChI is InChI=1S/3C43H25N3O/c44-26-28-11-10-17-30(42(28)46-36-18-7-4-14-31(36)32-15-5-8-19-37(32)46)27-21-23-38-35(25-27)41-39(45(38)29-12-2-1-3-13-29)24-22-34-33-16-6-9-20-40(33)47-43(34)41;44-26-27-18-21-38(46-36-15-7-4-12-30(36)31-13-5-8-16-37(31)46)34(24-27)28-19-22-39-35(25-28)42-40(45(39)29-10-2-1-3-11-29)23-20-33-32-14-6-9-17-41(32)47-43(33)42;44-26-27-18-20-30(40(24-27)46-36-15-7-4-12-31(36)32-13-5-8-16-37(32)46)28-19-22-38-35(25-28)42-39(45(38)29-10-2-1-3-11-29)23-21-34-33-14-6-9-17-41(33)47-43(34)42/h3*1-25H. The van der Waals surface area contributed by atoms with E-state index >= 15 is 0 Å². The van der Waals surface area contributed by atoms with Crippen molar-refractivity contribution in [3.8, 4) is 85.7 Å². The lowest BCUT2D eigenvalue weighted by atomic mass is 9.97. The predicted molar refractivity (Wildman–Crippen MR) is 578 cm³/mol. The Kier molecular flexibility index (Phi) is 18.0. The fourth-order valence-electron chi connectivity index (χ4n) is 22.6. The summed E-state index contributed by atoms with van der Waals surface area (Å²) < 4.78 is 33.7. The number of furan rings is 3. The smallest absolute Gasteiger partial charge is 0.145 e. The normalized spacial score (nSPS) is 11.8. The maximum Gasteiger partial charge on any atom is 0.145 e. The zero-order valence-electron chi connectivity index (χ0n) is 75.6. The lowest BCUT2D eigenvalue weighted by Crippen LogP contribution is -2.00. The third kappa shape index (κ3) is 12.2. The highest BCUT2D eigenvalue weighted by Gasteiger charge is 2.29. The van der Waals surface area contributed by atoms with Gasteiger partial charge in [-0.1, -0.05) is 255 Å². The van der Waals surface area contributed by atoms with Crippen molar-refractivity contribution in [2.75, 3.05) is 0 Å². The van der Waals surface area contributed by atoms with Gasteiger partial charge in [0.15, 0.2) is 0 Å². The van der Waals surface area contributed by atoms with Crippen LogP contribution in [0.5, 0.6) is 0 Å². The Hall–Kier alpha value is -19.7. The molecule has 0 amide bonds. The van der Waals surface area contributed by atoms with E-state index in [9.17, 15) is 15.8 Å². The van der Waals surface area contributed by atoms with E-state index in [2.05, 4.69) is 410 Å². The summed E-state index contributed by atoms with van der Waals surface area (Å²) in [6.45, 7) is 0. The van der Waals surface area contributed by atoms with Crippen LogP contribution in [-0.4, -0.2) is 27.4 Å². The van der Waals surface area contributed by atoms with Crippen LogP contribution in [0.1, 0.15) is 16.7 Å². The van der Waals surface area contributed by atoms with E-state index in [1.165, 1.54) is 21.5 Å². The summed E-state index contributed by atoms with van der Waals surface area (Å²) in [6, 6.07) is 166. The second-order valence-electron chi connectivity index (χ2n) is 36.1. The Labute approximate surface area is 805 Å². The van der Waals surface area contributed by atoms with Gasteiger partial charge in [-0.25, -0.2) is 0 Å². The number of fused-ring (bicyclic) bond motifs is 30. The maximum absolute atomic E-state index is 10.5. The van der Waals surface area contributed by atoms with E-state index < -0.39 is 0 Å². The molecule has 0 aliphatic carbocycles. The van der Waals surface area contributed by atoms with Crippen molar-refractivity contribution >= 4 is 197 Å². The van der Waals surface area contributed by atoms with E-state index in [4.69, 9.17) is 13.3 Å². The van der Waals surface area contributed by atoms with Crippen LogP contribution in [-0.2, 0) is 0 Å². The molecule has 0 N–H and O–H groups in total. The lowest BCUT2D eigenvalue weighted by Gasteiger charge is -2.16. The van der Waals surface area contributed by atoms with Crippen LogP contribution in [0, 0.1) is 34.0 Å². The first-order chi connectivity index (χ1) is 69.9. The fraction of sp³-hybridized carbons (Fsp3) is 0. The van der Waals surface area contributed by atoms with Crippen LogP contribution in [0.4, 0.5) is 0 Å². The SMILES string of the molecule is N#Cc1ccc(-c2ccc3c(c2)c2c4oc5ccccc5c4ccc2n3-c2ccccc2)c(-n2c3ccccc3c3ccccc32)c1.N#Cc1ccc(-n2c3ccccc3c3ccccc32)c(-c2ccc3c(c2)c2c4oc5ccccc5c4ccc2n3-c2ccccc2)c1.N#Cc1cccc(-c2ccc3c(c2)c2c4oc5ccccc5c4ccc2n3-c2ccccc2)c1-n1c2ccccc2c2ccccc21. The Morgan fingerprint density at radius 2 is 0.482 bits per heavy atom. The maximum atomic E-state index is 10.5. The highest BCUT2D eigenvalue weighted by molar-refractivity contribution is 6.28. The number of rotatable bonds is 9. The molecule has 0 saturated heterocycles. The first kappa shape index (κ1) is 79.8. The Bertz CT molecular complexity index is 10300. The monoisotopic (exact) mass is 1800 g/mol. The molecule has 30 rings (SSSR count). The summed E-state index contributed by atoms with van der Waals surface area (Å²) in [4.78, 5) is 0. The number of aromatic nitrogens is 6. The molecule has 141 heavy (non-hydrogen) atoms. The average Bonchev–Trinajstić information content (AvgIpc) is 1.56. The van der Waals surface area contributed by atoms with Crippen LogP contribution < -0.4 is 0 Å². The van der Waals surface area contributed by atoms with Crippen molar-refractivity contribution in [3.05, 3.63) is 472 Å². The van der Waals surface area contributed by atoms with E-state index in [1.54, 1.807) is 0 Å². The summed E-state index contributed by atoms with van der Waals surface area (Å²) >= 11 is 0. The van der Waals surface area contributed by atoms with Crippen LogP contribution >= 0.6 is 0 Å². The number of hydrogen-bond acceptors (Lipinski definition) is 6. The molecule has 21 aromatic carbocycles. The molecule has 0 saturated carbocycles. The van der Waals surface area contributed by atoms with Crippen LogP contribution in [0.2, 0.25) is 0 Å².